The van der Waals surface area contributed by atoms with Gasteiger partial charge in [-0.1, -0.05) is 15.9 Å². The summed E-state index contributed by atoms with van der Waals surface area (Å²) < 4.78 is 16.8. The van der Waals surface area contributed by atoms with Crippen molar-refractivity contribution in [1.82, 2.24) is 9.88 Å². The summed E-state index contributed by atoms with van der Waals surface area (Å²) in [7, 11) is 0. The molecule has 2 rings (SSSR count). The van der Waals surface area contributed by atoms with Crippen molar-refractivity contribution in [3.63, 3.8) is 0 Å². The van der Waals surface area contributed by atoms with E-state index < -0.39 is 0 Å². The van der Waals surface area contributed by atoms with Crippen molar-refractivity contribution >= 4 is 15.9 Å². The van der Waals surface area contributed by atoms with Crippen LogP contribution in [0, 0.1) is 5.82 Å². The second kappa shape index (κ2) is 6.10. The van der Waals surface area contributed by atoms with E-state index in [4.69, 9.17) is 0 Å². The van der Waals surface area contributed by atoms with Crippen LogP contribution < -0.4 is 5.32 Å². The minimum atomic E-state index is -0.170. The Morgan fingerprint density at radius 3 is 2.70 bits per heavy atom. The Bertz CT molecular complexity index is 584. The zero-order valence-electron chi connectivity index (χ0n) is 12.1. The highest BCUT2D eigenvalue weighted by atomic mass is 79.9. The Morgan fingerprint density at radius 2 is 2.00 bits per heavy atom. The van der Waals surface area contributed by atoms with Crippen LogP contribution in [-0.4, -0.2) is 10.1 Å². The van der Waals surface area contributed by atoms with Crippen LogP contribution in [0.4, 0.5) is 4.39 Å². The van der Waals surface area contributed by atoms with Gasteiger partial charge in [0, 0.05) is 34.0 Å². The second-order valence-electron chi connectivity index (χ2n) is 5.97. The Hall–Kier alpha value is -1.13. The topological polar surface area (TPSA) is 17.0 Å². The lowest BCUT2D eigenvalue weighted by Crippen LogP contribution is -2.35. The van der Waals surface area contributed by atoms with Gasteiger partial charge < -0.3 is 9.88 Å². The number of rotatable bonds is 4. The van der Waals surface area contributed by atoms with E-state index in [1.54, 1.807) is 6.07 Å². The van der Waals surface area contributed by atoms with Crippen LogP contribution in [0.3, 0.4) is 0 Å². The zero-order valence-corrected chi connectivity index (χ0v) is 13.7. The van der Waals surface area contributed by atoms with Crippen molar-refractivity contribution in [2.75, 3.05) is 0 Å². The van der Waals surface area contributed by atoms with E-state index in [1.807, 2.05) is 18.3 Å². The third-order valence-electron chi connectivity index (χ3n) is 3.07. The Balaban J connectivity index is 2.14. The van der Waals surface area contributed by atoms with Crippen molar-refractivity contribution < 1.29 is 4.39 Å². The van der Waals surface area contributed by atoms with E-state index in [0.29, 0.717) is 12.1 Å². The Labute approximate surface area is 128 Å². The molecule has 4 heteroatoms. The van der Waals surface area contributed by atoms with Crippen LogP contribution in [0.2, 0.25) is 0 Å². The average molecular weight is 339 g/mol. The van der Waals surface area contributed by atoms with Crippen molar-refractivity contribution in [1.29, 1.82) is 0 Å². The summed E-state index contributed by atoms with van der Waals surface area (Å²) in [6.45, 7) is 7.71. The average Bonchev–Trinajstić information content (AvgIpc) is 2.78. The zero-order chi connectivity index (χ0) is 14.8. The molecule has 1 N–H and O–H groups in total. The molecule has 0 atom stereocenters. The lowest BCUT2D eigenvalue weighted by molar-refractivity contribution is 0.416. The van der Waals surface area contributed by atoms with Crippen LogP contribution in [-0.2, 0) is 13.1 Å². The monoisotopic (exact) mass is 338 g/mol. The number of aromatic nitrogens is 1. The molecule has 108 valence electrons. The van der Waals surface area contributed by atoms with Gasteiger partial charge in [-0.25, -0.2) is 4.39 Å². The maximum Gasteiger partial charge on any atom is 0.128 e. The Morgan fingerprint density at radius 1 is 1.25 bits per heavy atom. The summed E-state index contributed by atoms with van der Waals surface area (Å²) in [5.74, 6) is -0.170. The summed E-state index contributed by atoms with van der Waals surface area (Å²) in [5, 5.41) is 3.45. The fourth-order valence-electron chi connectivity index (χ4n) is 1.97. The molecular formula is C16H20BrFN2. The maximum atomic E-state index is 13.8. The molecule has 0 radical (unpaired) electrons. The first-order valence-corrected chi connectivity index (χ1v) is 7.47. The van der Waals surface area contributed by atoms with Gasteiger partial charge in [0.05, 0.1) is 6.54 Å². The highest BCUT2D eigenvalue weighted by Gasteiger charge is 2.11. The van der Waals surface area contributed by atoms with E-state index in [-0.39, 0.29) is 11.4 Å². The standard InChI is InChI=1S/C16H20BrFN2/c1-16(2,3)19-10-14-5-4-8-20(14)11-12-9-13(17)6-7-15(12)18/h4-9,19H,10-11H2,1-3H3. The lowest BCUT2D eigenvalue weighted by atomic mass is 10.1. The van der Waals surface area contributed by atoms with E-state index in [2.05, 4.69) is 52.7 Å². The summed E-state index contributed by atoms with van der Waals surface area (Å²) in [5.41, 5.74) is 1.91. The molecular weight excluding hydrogens is 319 g/mol. The highest BCUT2D eigenvalue weighted by molar-refractivity contribution is 9.10. The van der Waals surface area contributed by atoms with Crippen molar-refractivity contribution in [2.24, 2.45) is 0 Å². The van der Waals surface area contributed by atoms with Crippen LogP contribution in [0.1, 0.15) is 32.0 Å². The van der Waals surface area contributed by atoms with E-state index in [1.165, 1.54) is 6.07 Å². The molecule has 0 aliphatic rings. The maximum absolute atomic E-state index is 13.8. The van der Waals surface area contributed by atoms with Crippen LogP contribution in [0.15, 0.2) is 41.0 Å². The van der Waals surface area contributed by atoms with Gasteiger partial charge in [0.2, 0.25) is 0 Å². The molecule has 1 aromatic carbocycles. The number of benzene rings is 1. The van der Waals surface area contributed by atoms with Crippen LogP contribution in [0.25, 0.3) is 0 Å². The van der Waals surface area contributed by atoms with E-state index in [0.717, 1.165) is 16.7 Å². The minimum Gasteiger partial charge on any atom is -0.346 e. The first-order valence-electron chi connectivity index (χ1n) is 6.68. The van der Waals surface area contributed by atoms with Gasteiger partial charge in [-0.05, 0) is 51.1 Å². The van der Waals surface area contributed by atoms with Gasteiger partial charge in [-0.15, -0.1) is 0 Å². The number of hydrogen-bond acceptors (Lipinski definition) is 1. The molecule has 0 unspecified atom stereocenters. The van der Waals surface area contributed by atoms with Gasteiger partial charge in [-0.3, -0.25) is 0 Å². The fourth-order valence-corrected chi connectivity index (χ4v) is 2.38. The fraction of sp³-hybridized carbons (Fsp3) is 0.375. The molecule has 0 bridgehead atoms. The summed E-state index contributed by atoms with van der Waals surface area (Å²) in [4.78, 5) is 0. The molecule has 20 heavy (non-hydrogen) atoms. The molecule has 2 nitrogen and oxygen atoms in total. The highest BCUT2D eigenvalue weighted by Crippen LogP contribution is 2.18. The molecule has 1 aromatic heterocycles. The first-order chi connectivity index (χ1) is 9.35. The molecule has 0 amide bonds. The van der Waals surface area contributed by atoms with Gasteiger partial charge in [0.25, 0.3) is 0 Å². The third-order valence-corrected chi connectivity index (χ3v) is 3.57. The molecule has 2 aromatic rings. The minimum absolute atomic E-state index is 0.0656. The van der Waals surface area contributed by atoms with Crippen molar-refractivity contribution in [3.05, 3.63) is 58.1 Å². The lowest BCUT2D eigenvalue weighted by Gasteiger charge is -2.21. The van der Waals surface area contributed by atoms with Gasteiger partial charge in [-0.2, -0.15) is 0 Å². The molecule has 0 saturated carbocycles. The molecule has 0 fully saturated rings. The second-order valence-corrected chi connectivity index (χ2v) is 6.88. The summed E-state index contributed by atoms with van der Waals surface area (Å²) >= 11 is 3.39. The molecule has 1 heterocycles. The largest absolute Gasteiger partial charge is 0.346 e. The first kappa shape index (κ1) is 15.3. The van der Waals surface area contributed by atoms with Gasteiger partial charge >= 0.3 is 0 Å². The SMILES string of the molecule is CC(C)(C)NCc1cccn1Cc1cc(Br)ccc1F. The van der Waals surface area contributed by atoms with Gasteiger partial charge in [0.15, 0.2) is 0 Å². The summed E-state index contributed by atoms with van der Waals surface area (Å²) in [6, 6.07) is 9.10. The smallest absolute Gasteiger partial charge is 0.128 e. The molecule has 0 aliphatic carbocycles. The molecule has 0 aliphatic heterocycles. The molecule has 0 saturated heterocycles. The third kappa shape index (κ3) is 4.18. The summed E-state index contributed by atoms with van der Waals surface area (Å²) in [6.07, 6.45) is 1.99. The molecule has 0 spiro atoms. The van der Waals surface area contributed by atoms with Crippen LogP contribution in [0.5, 0.6) is 0 Å². The number of hydrogen-bond donors (Lipinski definition) is 1. The van der Waals surface area contributed by atoms with Gasteiger partial charge in [0.1, 0.15) is 5.82 Å². The number of halogens is 2. The predicted octanol–water partition coefficient (Wildman–Crippen LogP) is 4.33. The quantitative estimate of drug-likeness (QED) is 0.878. The van der Waals surface area contributed by atoms with Crippen molar-refractivity contribution in [2.45, 2.75) is 39.4 Å². The number of nitrogens with one attached hydrogen (secondary N) is 1. The van der Waals surface area contributed by atoms with E-state index >= 15 is 0 Å². The normalized spacial score (nSPS) is 11.8. The van der Waals surface area contributed by atoms with E-state index in [9.17, 15) is 4.39 Å². The van der Waals surface area contributed by atoms with Crippen LogP contribution >= 0.6 is 15.9 Å². The predicted molar refractivity (Wildman–Crippen MR) is 84.2 cm³/mol. The van der Waals surface area contributed by atoms with Crippen molar-refractivity contribution in [3.8, 4) is 0 Å². The number of nitrogens with zero attached hydrogens (tertiary/aromatic N) is 1. The Kier molecular flexibility index (Phi) is 4.66.